The normalized spacial score (nSPS) is 12.1. The molecule has 0 unspecified atom stereocenters. The number of aliphatic hydroxyl groups excluding tert-OH is 1. The molecule has 1 amide bonds. The smallest absolute Gasteiger partial charge is 0.274 e. The average Bonchev–Trinajstić information content (AvgIpc) is 3.01. The summed E-state index contributed by atoms with van der Waals surface area (Å²) in [5.74, 6) is -0.126. The molecular formula is C17H23N3O2. The van der Waals surface area contributed by atoms with Gasteiger partial charge in [0.1, 0.15) is 5.69 Å². The molecule has 0 aliphatic rings. The Labute approximate surface area is 131 Å². The van der Waals surface area contributed by atoms with Crippen molar-refractivity contribution in [2.75, 3.05) is 13.6 Å². The van der Waals surface area contributed by atoms with Crippen LogP contribution >= 0.6 is 0 Å². The maximum absolute atomic E-state index is 12.3. The molecule has 1 heterocycles. The van der Waals surface area contributed by atoms with Gasteiger partial charge in [-0.1, -0.05) is 43.7 Å². The summed E-state index contributed by atoms with van der Waals surface area (Å²) in [5.41, 5.74) is 2.28. The molecule has 1 aromatic heterocycles. The van der Waals surface area contributed by atoms with Crippen molar-refractivity contribution in [3.8, 4) is 0 Å². The summed E-state index contributed by atoms with van der Waals surface area (Å²) in [6.45, 7) is 2.56. The lowest BCUT2D eigenvalue weighted by molar-refractivity contribution is 0.0755. The van der Waals surface area contributed by atoms with Crippen molar-refractivity contribution in [2.45, 2.75) is 32.3 Å². The Morgan fingerprint density at radius 2 is 2.09 bits per heavy atom. The first kappa shape index (κ1) is 16.2. The summed E-state index contributed by atoms with van der Waals surface area (Å²) in [6, 6.07) is 11.3. The van der Waals surface area contributed by atoms with Gasteiger partial charge in [0.2, 0.25) is 0 Å². The molecule has 118 valence electrons. The predicted octanol–water partition coefficient (Wildman–Crippen LogP) is 2.56. The van der Waals surface area contributed by atoms with E-state index in [9.17, 15) is 9.90 Å². The number of aromatic nitrogens is 2. The molecule has 0 fully saturated rings. The first-order valence-electron chi connectivity index (χ1n) is 7.64. The average molecular weight is 301 g/mol. The van der Waals surface area contributed by atoms with Gasteiger partial charge in [-0.05, 0) is 24.5 Å². The van der Waals surface area contributed by atoms with Crippen molar-refractivity contribution in [2.24, 2.45) is 0 Å². The lowest BCUT2D eigenvalue weighted by atomic mass is 10.1. The molecule has 2 rings (SSSR count). The fourth-order valence-corrected chi connectivity index (χ4v) is 2.32. The molecular weight excluding hydrogens is 278 g/mol. The second-order valence-corrected chi connectivity index (χ2v) is 5.47. The number of nitrogens with zero attached hydrogens (tertiary/aromatic N) is 2. The van der Waals surface area contributed by atoms with E-state index in [-0.39, 0.29) is 5.91 Å². The van der Waals surface area contributed by atoms with Gasteiger partial charge in [-0.2, -0.15) is 5.10 Å². The highest BCUT2D eigenvalue weighted by molar-refractivity contribution is 5.92. The Morgan fingerprint density at radius 1 is 1.36 bits per heavy atom. The first-order valence-corrected chi connectivity index (χ1v) is 7.64. The lowest BCUT2D eigenvalue weighted by Crippen LogP contribution is -2.29. The third-order valence-corrected chi connectivity index (χ3v) is 3.64. The van der Waals surface area contributed by atoms with E-state index in [1.807, 2.05) is 30.3 Å². The monoisotopic (exact) mass is 301 g/mol. The number of carbonyl (C=O) groups excluding carboxylic acids is 1. The lowest BCUT2D eigenvalue weighted by Gasteiger charge is -2.18. The highest BCUT2D eigenvalue weighted by Gasteiger charge is 2.16. The van der Waals surface area contributed by atoms with Gasteiger partial charge < -0.3 is 10.0 Å². The van der Waals surface area contributed by atoms with Crippen molar-refractivity contribution < 1.29 is 9.90 Å². The summed E-state index contributed by atoms with van der Waals surface area (Å²) in [4.78, 5) is 13.9. The van der Waals surface area contributed by atoms with Crippen LogP contribution in [0.5, 0.6) is 0 Å². The number of hydrogen-bond acceptors (Lipinski definition) is 3. The zero-order valence-electron chi connectivity index (χ0n) is 13.1. The number of carbonyl (C=O) groups is 1. The van der Waals surface area contributed by atoms with Crippen LogP contribution in [-0.4, -0.2) is 39.7 Å². The van der Waals surface area contributed by atoms with Crippen molar-refractivity contribution in [3.05, 3.63) is 53.3 Å². The Morgan fingerprint density at radius 3 is 2.77 bits per heavy atom. The second kappa shape index (κ2) is 7.75. The molecule has 22 heavy (non-hydrogen) atoms. The molecule has 5 heteroatoms. The van der Waals surface area contributed by atoms with Crippen LogP contribution in [0.1, 0.15) is 47.6 Å². The highest BCUT2D eigenvalue weighted by atomic mass is 16.3. The molecule has 1 aromatic carbocycles. The molecule has 0 aliphatic carbocycles. The van der Waals surface area contributed by atoms with Crippen LogP contribution in [0.15, 0.2) is 36.4 Å². The van der Waals surface area contributed by atoms with E-state index in [1.54, 1.807) is 18.0 Å². The van der Waals surface area contributed by atoms with Gasteiger partial charge >= 0.3 is 0 Å². The Kier molecular flexibility index (Phi) is 5.72. The highest BCUT2D eigenvalue weighted by Crippen LogP contribution is 2.16. The maximum atomic E-state index is 12.3. The van der Waals surface area contributed by atoms with Gasteiger partial charge in [0.25, 0.3) is 5.91 Å². The van der Waals surface area contributed by atoms with Crippen LogP contribution in [0.3, 0.4) is 0 Å². The fraction of sp³-hybridized carbons (Fsp3) is 0.412. The largest absolute Gasteiger partial charge is 0.388 e. The van der Waals surface area contributed by atoms with Crippen LogP contribution in [-0.2, 0) is 6.42 Å². The number of benzene rings is 1. The van der Waals surface area contributed by atoms with Crippen LogP contribution < -0.4 is 0 Å². The summed E-state index contributed by atoms with van der Waals surface area (Å²) in [7, 11) is 1.73. The molecule has 1 atom stereocenters. The molecule has 2 aromatic rings. The van der Waals surface area contributed by atoms with E-state index >= 15 is 0 Å². The molecule has 0 saturated heterocycles. The van der Waals surface area contributed by atoms with Crippen LogP contribution in [0.25, 0.3) is 0 Å². The number of amides is 1. The Balaban J connectivity index is 1.88. The van der Waals surface area contributed by atoms with E-state index < -0.39 is 6.10 Å². The molecule has 0 spiro atoms. The number of aryl methyl sites for hydroxylation is 1. The van der Waals surface area contributed by atoms with Crippen LogP contribution in [0.2, 0.25) is 0 Å². The van der Waals surface area contributed by atoms with Crippen molar-refractivity contribution in [1.82, 2.24) is 15.1 Å². The van der Waals surface area contributed by atoms with Gasteiger partial charge in [0, 0.05) is 19.3 Å². The minimum atomic E-state index is -0.564. The van der Waals surface area contributed by atoms with E-state index in [4.69, 9.17) is 0 Å². The minimum Gasteiger partial charge on any atom is -0.388 e. The van der Waals surface area contributed by atoms with Gasteiger partial charge in [-0.3, -0.25) is 9.89 Å². The molecule has 0 aliphatic heterocycles. The Hall–Kier alpha value is -2.14. The molecule has 0 radical (unpaired) electrons. The summed E-state index contributed by atoms with van der Waals surface area (Å²) >= 11 is 0. The number of nitrogens with one attached hydrogen (secondary N) is 1. The fourth-order valence-electron chi connectivity index (χ4n) is 2.32. The molecule has 5 nitrogen and oxygen atoms in total. The number of H-pyrrole nitrogens is 1. The van der Waals surface area contributed by atoms with Crippen LogP contribution in [0, 0.1) is 0 Å². The molecule has 0 bridgehead atoms. The zero-order chi connectivity index (χ0) is 15.9. The van der Waals surface area contributed by atoms with E-state index in [1.165, 1.54) is 0 Å². The topological polar surface area (TPSA) is 69.2 Å². The van der Waals surface area contributed by atoms with Gasteiger partial charge in [0.15, 0.2) is 0 Å². The standard InChI is InChI=1S/C17H23N3O2/c1-3-7-14-12-15(19-18-14)17(22)20(2)11-10-16(21)13-8-5-4-6-9-13/h4-6,8-9,12,16,21H,3,7,10-11H2,1-2H3,(H,18,19)/t16-/m1/s1. The SMILES string of the molecule is CCCc1cc(C(=O)N(C)CC[C@@H](O)c2ccccc2)n[nH]1. The minimum absolute atomic E-state index is 0.126. The number of rotatable bonds is 7. The summed E-state index contributed by atoms with van der Waals surface area (Å²) < 4.78 is 0. The van der Waals surface area contributed by atoms with Crippen molar-refractivity contribution in [3.63, 3.8) is 0 Å². The number of aliphatic hydroxyl groups is 1. The maximum Gasteiger partial charge on any atom is 0.274 e. The summed E-state index contributed by atoms with van der Waals surface area (Å²) in [6.07, 6.45) is 1.83. The Bertz CT molecular complexity index is 595. The van der Waals surface area contributed by atoms with Crippen molar-refractivity contribution in [1.29, 1.82) is 0 Å². The summed E-state index contributed by atoms with van der Waals surface area (Å²) in [5, 5.41) is 17.1. The second-order valence-electron chi connectivity index (χ2n) is 5.47. The third-order valence-electron chi connectivity index (χ3n) is 3.64. The van der Waals surface area contributed by atoms with Crippen LogP contribution in [0.4, 0.5) is 0 Å². The van der Waals surface area contributed by atoms with Gasteiger partial charge in [-0.15, -0.1) is 0 Å². The van der Waals surface area contributed by atoms with E-state index in [0.29, 0.717) is 18.7 Å². The van der Waals surface area contributed by atoms with E-state index in [2.05, 4.69) is 17.1 Å². The zero-order valence-corrected chi connectivity index (χ0v) is 13.1. The predicted molar refractivity (Wildman–Crippen MR) is 85.6 cm³/mol. The van der Waals surface area contributed by atoms with Crippen molar-refractivity contribution >= 4 is 5.91 Å². The number of aromatic amines is 1. The third kappa shape index (κ3) is 4.18. The van der Waals surface area contributed by atoms with E-state index in [0.717, 1.165) is 24.1 Å². The van der Waals surface area contributed by atoms with Gasteiger partial charge in [-0.25, -0.2) is 0 Å². The number of hydrogen-bond donors (Lipinski definition) is 2. The van der Waals surface area contributed by atoms with Gasteiger partial charge in [0.05, 0.1) is 6.10 Å². The first-order chi connectivity index (χ1) is 10.6. The molecule has 0 saturated carbocycles. The quantitative estimate of drug-likeness (QED) is 0.826. The molecule has 2 N–H and O–H groups in total.